The van der Waals surface area contributed by atoms with E-state index in [1.165, 1.54) is 16.2 Å². The highest BCUT2D eigenvalue weighted by molar-refractivity contribution is 7.99. The minimum absolute atomic E-state index is 0.237. The Kier molecular flexibility index (Phi) is 6.89. The van der Waals surface area contributed by atoms with Crippen molar-refractivity contribution in [3.63, 3.8) is 0 Å². The largest absolute Gasteiger partial charge is 0.380 e. The smallest absolute Gasteiger partial charge is 0.254 e. The van der Waals surface area contributed by atoms with Crippen molar-refractivity contribution >= 4 is 34.9 Å². The number of nitrogens with one attached hydrogen (secondary N) is 1. The van der Waals surface area contributed by atoms with E-state index >= 15 is 0 Å². The van der Waals surface area contributed by atoms with Gasteiger partial charge < -0.3 is 20.4 Å². The predicted octanol–water partition coefficient (Wildman–Crippen LogP) is 1.86. The van der Waals surface area contributed by atoms with E-state index in [-0.39, 0.29) is 6.54 Å². The summed E-state index contributed by atoms with van der Waals surface area (Å²) >= 11 is 3.13. The van der Waals surface area contributed by atoms with Crippen molar-refractivity contribution in [2.75, 3.05) is 13.1 Å². The number of hydrogen-bond acceptors (Lipinski definition) is 6. The molecule has 2 heterocycles. The summed E-state index contributed by atoms with van der Waals surface area (Å²) in [7, 11) is 0. The normalized spacial score (nSPS) is 16.1. The Morgan fingerprint density at radius 3 is 2.52 bits per heavy atom. The van der Waals surface area contributed by atoms with Gasteiger partial charge in [0.05, 0.1) is 6.54 Å². The molecular formula is C19H22N2O4S2. The molecule has 3 rings (SSSR count). The molecule has 0 unspecified atom stereocenters. The van der Waals surface area contributed by atoms with Crippen molar-refractivity contribution < 1.29 is 19.8 Å². The van der Waals surface area contributed by atoms with Gasteiger partial charge in [0, 0.05) is 33.1 Å². The van der Waals surface area contributed by atoms with Gasteiger partial charge in [0.2, 0.25) is 0 Å². The van der Waals surface area contributed by atoms with E-state index in [2.05, 4.69) is 5.32 Å². The van der Waals surface area contributed by atoms with Crippen LogP contribution in [-0.4, -0.2) is 52.2 Å². The maximum atomic E-state index is 12.1. The quantitative estimate of drug-likeness (QED) is 0.653. The zero-order valence-corrected chi connectivity index (χ0v) is 16.3. The monoisotopic (exact) mass is 406 g/mol. The lowest BCUT2D eigenvalue weighted by molar-refractivity contribution is -0.152. The van der Waals surface area contributed by atoms with Gasteiger partial charge >= 0.3 is 0 Å². The number of hydrogen-bond donors (Lipinski definition) is 3. The van der Waals surface area contributed by atoms with E-state index in [0.29, 0.717) is 13.1 Å². The van der Waals surface area contributed by atoms with Crippen LogP contribution in [0.25, 0.3) is 0 Å². The van der Waals surface area contributed by atoms with Crippen molar-refractivity contribution in [3.8, 4) is 0 Å². The van der Waals surface area contributed by atoms with Gasteiger partial charge in [-0.05, 0) is 31.0 Å². The Morgan fingerprint density at radius 1 is 1.11 bits per heavy atom. The number of aliphatic hydroxyl groups excluding tert-OH is 2. The van der Waals surface area contributed by atoms with Crippen LogP contribution in [0.5, 0.6) is 0 Å². The first-order chi connectivity index (χ1) is 13.0. The summed E-state index contributed by atoms with van der Waals surface area (Å²) in [6.45, 7) is 1.35. The molecule has 27 heavy (non-hydrogen) atoms. The maximum Gasteiger partial charge on any atom is 0.254 e. The van der Waals surface area contributed by atoms with Crippen LogP contribution in [0.2, 0.25) is 0 Å². The van der Waals surface area contributed by atoms with Crippen molar-refractivity contribution in [3.05, 3.63) is 46.7 Å². The highest BCUT2D eigenvalue weighted by atomic mass is 32.2. The molecule has 1 saturated heterocycles. The molecule has 2 amide bonds. The fourth-order valence-corrected chi connectivity index (χ4v) is 4.68. The fourth-order valence-electron chi connectivity index (χ4n) is 2.81. The summed E-state index contributed by atoms with van der Waals surface area (Å²) in [6, 6.07) is 11.9. The van der Waals surface area contributed by atoms with Gasteiger partial charge in [-0.2, -0.15) is 0 Å². The second-order valence-electron chi connectivity index (χ2n) is 6.30. The first-order valence-electron chi connectivity index (χ1n) is 8.77. The summed E-state index contributed by atoms with van der Waals surface area (Å²) in [4.78, 5) is 28.8. The molecule has 0 saturated carbocycles. The van der Waals surface area contributed by atoms with E-state index in [9.17, 15) is 19.8 Å². The van der Waals surface area contributed by atoms with E-state index in [4.69, 9.17) is 0 Å². The van der Waals surface area contributed by atoms with Gasteiger partial charge in [0.25, 0.3) is 11.8 Å². The third-order valence-electron chi connectivity index (χ3n) is 4.28. The average Bonchev–Trinajstić information content (AvgIpc) is 3.37. The molecule has 1 aromatic carbocycles. The maximum absolute atomic E-state index is 12.1. The van der Waals surface area contributed by atoms with Crippen molar-refractivity contribution in [1.82, 2.24) is 10.2 Å². The van der Waals surface area contributed by atoms with Crippen LogP contribution in [0.3, 0.4) is 0 Å². The highest BCUT2D eigenvalue weighted by Gasteiger charge is 2.34. The Balaban J connectivity index is 1.49. The summed E-state index contributed by atoms with van der Waals surface area (Å²) in [5.74, 6) is -1.34. The van der Waals surface area contributed by atoms with Gasteiger partial charge in [-0.3, -0.25) is 9.59 Å². The molecule has 3 N–H and O–H groups in total. The van der Waals surface area contributed by atoms with Gasteiger partial charge in [-0.15, -0.1) is 11.3 Å². The number of carbonyl (C=O) groups excluding carboxylic acids is 2. The van der Waals surface area contributed by atoms with E-state index in [0.717, 1.165) is 27.5 Å². The van der Waals surface area contributed by atoms with Gasteiger partial charge in [-0.1, -0.05) is 30.0 Å². The zero-order chi connectivity index (χ0) is 19.2. The summed E-state index contributed by atoms with van der Waals surface area (Å²) in [6.07, 6.45) is -1.74. The molecule has 0 aliphatic carbocycles. The van der Waals surface area contributed by atoms with Crippen LogP contribution in [0.15, 0.2) is 51.6 Å². The number of likely N-dealkylation sites (tertiary alicyclic amines) is 1. The van der Waals surface area contributed by atoms with Crippen molar-refractivity contribution in [1.29, 1.82) is 0 Å². The van der Waals surface area contributed by atoms with Crippen LogP contribution < -0.4 is 5.32 Å². The molecule has 8 heteroatoms. The average molecular weight is 407 g/mol. The highest BCUT2D eigenvalue weighted by Crippen LogP contribution is 2.31. The van der Waals surface area contributed by atoms with Crippen LogP contribution in [0.1, 0.15) is 17.7 Å². The molecule has 2 aromatic rings. The van der Waals surface area contributed by atoms with E-state index < -0.39 is 24.0 Å². The summed E-state index contributed by atoms with van der Waals surface area (Å²) in [5.41, 5.74) is 0. The zero-order valence-electron chi connectivity index (χ0n) is 14.7. The molecule has 1 fully saturated rings. The Bertz CT molecular complexity index is 775. The molecule has 6 nitrogen and oxygen atoms in total. The van der Waals surface area contributed by atoms with Crippen LogP contribution in [0.4, 0.5) is 0 Å². The number of benzene rings is 1. The molecule has 0 bridgehead atoms. The first kappa shape index (κ1) is 19.9. The van der Waals surface area contributed by atoms with Crippen molar-refractivity contribution in [2.45, 2.75) is 41.4 Å². The van der Waals surface area contributed by atoms with Gasteiger partial charge in [-0.25, -0.2) is 0 Å². The minimum atomic E-state index is -1.77. The summed E-state index contributed by atoms with van der Waals surface area (Å²) in [5, 5.41) is 24.5. The number of aliphatic hydroxyl groups is 2. The molecule has 1 aromatic heterocycles. The molecule has 144 valence electrons. The lowest BCUT2D eigenvalue weighted by Gasteiger charge is -2.22. The Labute approximate surface area is 166 Å². The first-order valence-corrected chi connectivity index (χ1v) is 10.5. The topological polar surface area (TPSA) is 89.9 Å². The number of nitrogens with zero attached hydrogens (tertiary/aromatic N) is 1. The number of rotatable bonds is 7. The van der Waals surface area contributed by atoms with E-state index in [1.54, 1.807) is 11.8 Å². The number of amides is 2. The minimum Gasteiger partial charge on any atom is -0.380 e. The van der Waals surface area contributed by atoms with Gasteiger partial charge in [0.15, 0.2) is 12.2 Å². The van der Waals surface area contributed by atoms with E-state index in [1.807, 2.05) is 41.8 Å². The lowest BCUT2D eigenvalue weighted by Crippen LogP contribution is -2.50. The van der Waals surface area contributed by atoms with Gasteiger partial charge in [0.1, 0.15) is 0 Å². The second kappa shape index (κ2) is 9.36. The summed E-state index contributed by atoms with van der Waals surface area (Å²) < 4.78 is 0. The Hall–Kier alpha value is -1.87. The fraction of sp³-hybridized carbons (Fsp3) is 0.368. The van der Waals surface area contributed by atoms with Crippen LogP contribution in [0, 0.1) is 0 Å². The number of carbonyl (C=O) groups is 2. The molecule has 1 aliphatic heterocycles. The van der Waals surface area contributed by atoms with Crippen LogP contribution >= 0.6 is 23.1 Å². The Morgan fingerprint density at radius 2 is 1.81 bits per heavy atom. The molecular weight excluding hydrogens is 384 g/mol. The molecule has 0 spiro atoms. The predicted molar refractivity (Wildman–Crippen MR) is 105 cm³/mol. The third-order valence-corrected chi connectivity index (χ3v) is 6.35. The SMILES string of the molecule is O=C(NCc1cc(Sc2ccccc2)cs1)[C@H](O)[C@@H](O)C(=O)N1CCCC1. The molecule has 0 radical (unpaired) electrons. The number of thiophene rings is 1. The standard InChI is InChI=1S/C19H22N2O4S2/c22-16(17(23)19(25)21-8-4-5-9-21)18(24)20-11-14-10-15(12-26-14)27-13-6-2-1-3-7-13/h1-3,6-7,10,12,16-17,22-23H,4-5,8-9,11H2,(H,20,24)/t16-,17-/m1/s1. The molecule has 2 atom stereocenters. The van der Waals surface area contributed by atoms with Crippen LogP contribution in [-0.2, 0) is 16.1 Å². The third kappa shape index (κ3) is 5.32. The van der Waals surface area contributed by atoms with Crippen molar-refractivity contribution in [2.24, 2.45) is 0 Å². The molecule has 1 aliphatic rings. The second-order valence-corrected chi connectivity index (χ2v) is 8.45. The lowest BCUT2D eigenvalue weighted by atomic mass is 10.1.